The van der Waals surface area contributed by atoms with Crippen LogP contribution >= 0.6 is 11.6 Å². The van der Waals surface area contributed by atoms with Crippen LogP contribution in [0.15, 0.2) is 41.1 Å². The molecule has 1 heterocycles. The third-order valence-corrected chi connectivity index (χ3v) is 3.65. The van der Waals surface area contributed by atoms with E-state index in [-0.39, 0.29) is 5.91 Å². The van der Waals surface area contributed by atoms with E-state index in [0.717, 1.165) is 5.56 Å². The van der Waals surface area contributed by atoms with Gasteiger partial charge in [0, 0.05) is 17.3 Å². The summed E-state index contributed by atoms with van der Waals surface area (Å²) in [4.78, 5) is 26.0. The van der Waals surface area contributed by atoms with Crippen LogP contribution in [0.2, 0.25) is 5.02 Å². The number of ether oxygens (including phenoxy) is 1. The van der Waals surface area contributed by atoms with Crippen molar-refractivity contribution in [2.75, 3.05) is 13.7 Å². The molecule has 0 saturated carbocycles. The molecule has 2 rings (SSSR count). The molecule has 1 aliphatic heterocycles. The standard InChI is InChI=1S/C16H16ClNO3/c1-4-18-10(2)14(16(20)21-3)13(15(18)19)9-11-5-7-12(17)8-6-11/h5-9H,4H2,1-3H3/b13-9-. The second kappa shape index (κ2) is 6.14. The van der Waals surface area contributed by atoms with Crippen molar-refractivity contribution in [1.29, 1.82) is 0 Å². The monoisotopic (exact) mass is 305 g/mol. The highest BCUT2D eigenvalue weighted by Gasteiger charge is 2.35. The van der Waals surface area contributed by atoms with Crippen molar-refractivity contribution in [2.24, 2.45) is 0 Å². The third kappa shape index (κ3) is 2.85. The van der Waals surface area contributed by atoms with Crippen LogP contribution in [0.4, 0.5) is 0 Å². The van der Waals surface area contributed by atoms with Gasteiger partial charge in [-0.05, 0) is 37.6 Å². The van der Waals surface area contributed by atoms with Crippen LogP contribution in [0.1, 0.15) is 19.4 Å². The molecule has 4 nitrogen and oxygen atoms in total. The van der Waals surface area contributed by atoms with Gasteiger partial charge >= 0.3 is 5.97 Å². The Morgan fingerprint density at radius 1 is 1.33 bits per heavy atom. The number of hydrogen-bond donors (Lipinski definition) is 0. The summed E-state index contributed by atoms with van der Waals surface area (Å²) in [5.74, 6) is -0.692. The van der Waals surface area contributed by atoms with E-state index in [1.165, 1.54) is 7.11 Å². The zero-order valence-electron chi connectivity index (χ0n) is 12.1. The smallest absolute Gasteiger partial charge is 0.340 e. The van der Waals surface area contributed by atoms with E-state index in [4.69, 9.17) is 16.3 Å². The van der Waals surface area contributed by atoms with Crippen LogP contribution in [0.3, 0.4) is 0 Å². The Bertz CT molecular complexity index is 644. The molecule has 0 aromatic heterocycles. The third-order valence-electron chi connectivity index (χ3n) is 3.40. The molecule has 0 atom stereocenters. The molecule has 1 aromatic rings. The van der Waals surface area contributed by atoms with E-state index < -0.39 is 5.97 Å². The van der Waals surface area contributed by atoms with Gasteiger partial charge in [0.25, 0.3) is 5.91 Å². The predicted molar refractivity (Wildman–Crippen MR) is 81.5 cm³/mol. The van der Waals surface area contributed by atoms with Crippen LogP contribution in [0.5, 0.6) is 0 Å². The van der Waals surface area contributed by atoms with Gasteiger partial charge in [0.2, 0.25) is 0 Å². The molecule has 5 heteroatoms. The lowest BCUT2D eigenvalue weighted by Gasteiger charge is -2.14. The Balaban J connectivity index is 2.52. The number of halogens is 1. The molecule has 0 bridgehead atoms. The van der Waals surface area contributed by atoms with E-state index in [0.29, 0.717) is 28.4 Å². The fraction of sp³-hybridized carbons (Fsp3) is 0.250. The first-order valence-electron chi connectivity index (χ1n) is 6.58. The van der Waals surface area contributed by atoms with E-state index in [2.05, 4.69) is 0 Å². The van der Waals surface area contributed by atoms with Gasteiger partial charge in [-0.25, -0.2) is 4.79 Å². The van der Waals surface area contributed by atoms with E-state index in [1.807, 2.05) is 6.92 Å². The minimum absolute atomic E-state index is 0.189. The molecule has 1 aliphatic rings. The molecule has 0 saturated heterocycles. The summed E-state index contributed by atoms with van der Waals surface area (Å²) < 4.78 is 4.80. The zero-order chi connectivity index (χ0) is 15.6. The van der Waals surface area contributed by atoms with Crippen LogP contribution in [0.25, 0.3) is 6.08 Å². The first kappa shape index (κ1) is 15.3. The summed E-state index contributed by atoms with van der Waals surface area (Å²) in [5, 5.41) is 0.616. The van der Waals surface area contributed by atoms with E-state index >= 15 is 0 Å². The van der Waals surface area contributed by atoms with E-state index in [1.54, 1.807) is 42.2 Å². The lowest BCUT2D eigenvalue weighted by atomic mass is 10.0. The highest BCUT2D eigenvalue weighted by atomic mass is 35.5. The molecule has 1 aromatic carbocycles. The Morgan fingerprint density at radius 2 is 1.95 bits per heavy atom. The SMILES string of the molecule is CCN1C(=O)/C(=C\c2ccc(Cl)cc2)C(C(=O)OC)=C1C. The summed E-state index contributed by atoms with van der Waals surface area (Å²) in [7, 11) is 1.31. The number of carbonyl (C=O) groups excluding carboxylic acids is 2. The zero-order valence-corrected chi connectivity index (χ0v) is 12.9. The average molecular weight is 306 g/mol. The highest BCUT2D eigenvalue weighted by Crippen LogP contribution is 2.31. The van der Waals surface area contributed by atoms with Crippen molar-refractivity contribution in [2.45, 2.75) is 13.8 Å². The van der Waals surface area contributed by atoms with Crippen LogP contribution in [0, 0.1) is 0 Å². The van der Waals surface area contributed by atoms with Gasteiger partial charge in [-0.1, -0.05) is 23.7 Å². The predicted octanol–water partition coefficient (Wildman–Crippen LogP) is 3.03. The molecule has 110 valence electrons. The van der Waals surface area contributed by atoms with Crippen molar-refractivity contribution >= 4 is 29.6 Å². The number of amides is 1. The topological polar surface area (TPSA) is 46.6 Å². The summed E-state index contributed by atoms with van der Waals surface area (Å²) in [6, 6.07) is 7.06. The first-order valence-corrected chi connectivity index (χ1v) is 6.96. The van der Waals surface area contributed by atoms with E-state index in [9.17, 15) is 9.59 Å². The van der Waals surface area contributed by atoms with Gasteiger partial charge in [0.05, 0.1) is 18.3 Å². The normalized spacial score (nSPS) is 16.9. The molecule has 0 unspecified atom stereocenters. The lowest BCUT2D eigenvalue weighted by Crippen LogP contribution is -2.24. The number of likely N-dealkylation sites (N-methyl/N-ethyl adjacent to an activating group) is 1. The number of esters is 1. The minimum atomic E-state index is -0.503. The van der Waals surface area contributed by atoms with Crippen LogP contribution in [-0.2, 0) is 14.3 Å². The first-order chi connectivity index (χ1) is 9.99. The fourth-order valence-corrected chi connectivity index (χ4v) is 2.46. The van der Waals surface area contributed by atoms with Crippen molar-refractivity contribution in [1.82, 2.24) is 4.90 Å². The highest BCUT2D eigenvalue weighted by molar-refractivity contribution is 6.30. The van der Waals surface area contributed by atoms with Crippen molar-refractivity contribution in [3.8, 4) is 0 Å². The van der Waals surface area contributed by atoms with Crippen LogP contribution in [-0.4, -0.2) is 30.4 Å². The number of nitrogens with zero attached hydrogens (tertiary/aromatic N) is 1. The number of methoxy groups -OCH3 is 1. The Morgan fingerprint density at radius 3 is 2.48 bits per heavy atom. The maximum absolute atomic E-state index is 12.4. The Labute approximate surface area is 128 Å². The molecular weight excluding hydrogens is 290 g/mol. The maximum atomic E-state index is 12.4. The van der Waals surface area contributed by atoms with Crippen molar-refractivity contribution < 1.29 is 14.3 Å². The van der Waals surface area contributed by atoms with Crippen LogP contribution < -0.4 is 0 Å². The average Bonchev–Trinajstić information content (AvgIpc) is 2.71. The van der Waals surface area contributed by atoms with Crippen molar-refractivity contribution in [3.63, 3.8) is 0 Å². The van der Waals surface area contributed by atoms with Gasteiger partial charge in [-0.3, -0.25) is 4.79 Å². The summed E-state index contributed by atoms with van der Waals surface area (Å²) in [5.41, 5.74) is 2.09. The van der Waals surface area contributed by atoms with Gasteiger partial charge in [0.15, 0.2) is 0 Å². The molecule has 0 radical (unpaired) electrons. The molecule has 1 amide bonds. The number of hydrogen-bond acceptors (Lipinski definition) is 3. The largest absolute Gasteiger partial charge is 0.465 e. The Hall–Kier alpha value is -2.07. The molecule has 0 N–H and O–H groups in total. The fourth-order valence-electron chi connectivity index (χ4n) is 2.33. The van der Waals surface area contributed by atoms with Gasteiger partial charge < -0.3 is 9.64 Å². The number of benzene rings is 1. The summed E-state index contributed by atoms with van der Waals surface area (Å²) >= 11 is 5.85. The Kier molecular flexibility index (Phi) is 4.48. The molecule has 0 fully saturated rings. The minimum Gasteiger partial charge on any atom is -0.465 e. The summed E-state index contributed by atoms with van der Waals surface area (Å²) in [6.07, 6.45) is 1.68. The van der Waals surface area contributed by atoms with Gasteiger partial charge in [0.1, 0.15) is 0 Å². The number of allylic oxidation sites excluding steroid dienone is 1. The number of carbonyl (C=O) groups is 2. The van der Waals surface area contributed by atoms with Crippen molar-refractivity contribution in [3.05, 3.63) is 51.7 Å². The lowest BCUT2D eigenvalue weighted by molar-refractivity contribution is -0.136. The molecule has 0 spiro atoms. The quantitative estimate of drug-likeness (QED) is 0.637. The second-order valence-corrected chi connectivity index (χ2v) is 5.05. The molecule has 0 aliphatic carbocycles. The van der Waals surface area contributed by atoms with Gasteiger partial charge in [-0.2, -0.15) is 0 Å². The second-order valence-electron chi connectivity index (χ2n) is 4.61. The number of rotatable bonds is 3. The molecular formula is C16H16ClNO3. The molecule has 21 heavy (non-hydrogen) atoms. The maximum Gasteiger partial charge on any atom is 0.340 e. The van der Waals surface area contributed by atoms with Gasteiger partial charge in [-0.15, -0.1) is 0 Å². The summed E-state index contributed by atoms with van der Waals surface area (Å²) in [6.45, 7) is 4.11.